The lowest BCUT2D eigenvalue weighted by molar-refractivity contribution is -0.138. The second-order valence-electron chi connectivity index (χ2n) is 13.8. The minimum Gasteiger partial charge on any atom is -0.344 e. The van der Waals surface area contributed by atoms with E-state index in [1.165, 1.54) is 12.1 Å². The zero-order chi connectivity index (χ0) is 35.2. The maximum absolute atomic E-state index is 13.7. The van der Waals surface area contributed by atoms with Gasteiger partial charge in [-0.05, 0) is 95.2 Å². The van der Waals surface area contributed by atoms with E-state index in [1.54, 1.807) is 12.1 Å². The van der Waals surface area contributed by atoms with Gasteiger partial charge in [0.25, 0.3) is 10.1 Å². The average Bonchev–Trinajstić information content (AvgIpc) is 3.31. The number of hydrogen-bond acceptors (Lipinski definition) is 6. The summed E-state index contributed by atoms with van der Waals surface area (Å²) in [7, 11) is -4.02. The lowest BCUT2D eigenvalue weighted by Crippen LogP contribution is -2.55. The minimum atomic E-state index is -4.02. The van der Waals surface area contributed by atoms with Crippen LogP contribution in [0, 0.1) is 12.8 Å². The van der Waals surface area contributed by atoms with E-state index in [1.807, 2.05) is 73.0 Å². The fourth-order valence-electron chi connectivity index (χ4n) is 6.95. The zero-order valence-corrected chi connectivity index (χ0v) is 29.4. The van der Waals surface area contributed by atoms with Crippen molar-refractivity contribution >= 4 is 33.5 Å². The number of nitrogens with one attached hydrogen (secondary N) is 2. The normalized spacial score (nSPS) is 19.8. The van der Waals surface area contributed by atoms with Crippen molar-refractivity contribution in [3.63, 3.8) is 0 Å². The first kappa shape index (κ1) is 36.2. The molecule has 3 aliphatic heterocycles. The number of anilines is 1. The van der Waals surface area contributed by atoms with Gasteiger partial charge in [-0.15, -0.1) is 0 Å². The van der Waals surface area contributed by atoms with Crippen LogP contribution in [-0.2, 0) is 36.3 Å². The van der Waals surface area contributed by atoms with Crippen LogP contribution in [0.3, 0.4) is 0 Å². The number of aryl methyl sites for hydroxylation is 2. The summed E-state index contributed by atoms with van der Waals surface area (Å²) in [4.78, 5) is 44.0. The Morgan fingerprint density at radius 2 is 1.61 bits per heavy atom. The predicted octanol–water partition coefficient (Wildman–Crippen LogP) is 4.66. The van der Waals surface area contributed by atoms with Gasteiger partial charge in [-0.25, -0.2) is 0 Å². The summed E-state index contributed by atoms with van der Waals surface area (Å²) >= 11 is 0. The Morgan fingerprint density at radius 3 is 2.24 bits per heavy atom. The maximum Gasteiger partial charge on any atom is 0.294 e. The van der Waals surface area contributed by atoms with E-state index in [9.17, 15) is 22.8 Å². The molecular formula is C38H48N4O6S. The van der Waals surface area contributed by atoms with E-state index in [-0.39, 0.29) is 34.6 Å². The molecule has 3 aromatic carbocycles. The van der Waals surface area contributed by atoms with E-state index >= 15 is 0 Å². The van der Waals surface area contributed by atoms with Crippen LogP contribution in [0.2, 0.25) is 0 Å². The number of rotatable bonds is 8. The molecule has 0 saturated carbocycles. The number of likely N-dealkylation sites (tertiary alicyclic amines) is 1. The van der Waals surface area contributed by atoms with E-state index in [4.69, 9.17) is 4.55 Å². The highest BCUT2D eigenvalue weighted by Gasteiger charge is 2.47. The summed E-state index contributed by atoms with van der Waals surface area (Å²) < 4.78 is 29.6. The monoisotopic (exact) mass is 688 g/mol. The molecular weight excluding hydrogens is 641 g/mol. The molecule has 0 spiro atoms. The first-order valence-corrected chi connectivity index (χ1v) is 18.6. The fraction of sp³-hybridized carbons (Fsp3) is 0.447. The molecule has 0 unspecified atom stereocenters. The number of amides is 3. The topological polar surface area (TPSA) is 136 Å². The minimum absolute atomic E-state index is 0.00928. The number of carbonyl (C=O) groups is 3. The van der Waals surface area contributed by atoms with Gasteiger partial charge in [0.15, 0.2) is 0 Å². The van der Waals surface area contributed by atoms with Crippen LogP contribution in [0.1, 0.15) is 62.6 Å². The highest BCUT2D eigenvalue weighted by molar-refractivity contribution is 7.85. The van der Waals surface area contributed by atoms with Crippen LogP contribution >= 0.6 is 0 Å². The van der Waals surface area contributed by atoms with Crippen molar-refractivity contribution in [3.05, 3.63) is 95.6 Å². The van der Waals surface area contributed by atoms with Crippen LogP contribution in [-0.4, -0.2) is 73.9 Å². The summed E-state index contributed by atoms with van der Waals surface area (Å²) in [5.74, 6) is 0.00802. The number of fused-ring (bicyclic) bond motifs is 1. The molecule has 6 rings (SSSR count). The molecule has 3 amide bonds. The second kappa shape index (κ2) is 15.7. The third-order valence-corrected chi connectivity index (χ3v) is 10.8. The number of nitrogens with zero attached hydrogens (tertiary/aromatic N) is 2. The smallest absolute Gasteiger partial charge is 0.294 e. The Kier molecular flexibility index (Phi) is 11.6. The third kappa shape index (κ3) is 8.76. The van der Waals surface area contributed by atoms with E-state index in [2.05, 4.69) is 22.8 Å². The number of para-hydroxylation sites is 1. The third-order valence-electron chi connectivity index (χ3n) is 9.90. The van der Waals surface area contributed by atoms with Crippen LogP contribution in [0.4, 0.5) is 5.69 Å². The molecule has 2 atom stereocenters. The SMILES string of the molecule is CC1(C)C(=O)N(C2CCN(C(=O)[C@H](CCc3ccccc3)NC(=O)[C@@H]3CCCNC3)CC2)c2ccccc21.Cc1ccc(S(=O)(=O)O)cc1. The first-order chi connectivity index (χ1) is 23.4. The van der Waals surface area contributed by atoms with Gasteiger partial charge in [0.1, 0.15) is 6.04 Å². The number of benzene rings is 3. The number of carbonyl (C=O) groups excluding carboxylic acids is 3. The van der Waals surface area contributed by atoms with Gasteiger partial charge in [0, 0.05) is 31.4 Å². The van der Waals surface area contributed by atoms with Gasteiger partial charge in [0.2, 0.25) is 17.7 Å². The van der Waals surface area contributed by atoms with Gasteiger partial charge in [-0.2, -0.15) is 8.42 Å². The number of hydrogen-bond donors (Lipinski definition) is 3. The van der Waals surface area contributed by atoms with E-state index in [0.717, 1.165) is 61.0 Å². The van der Waals surface area contributed by atoms with Gasteiger partial charge in [-0.3, -0.25) is 18.9 Å². The number of piperidine rings is 2. The average molecular weight is 689 g/mol. The van der Waals surface area contributed by atoms with Crippen molar-refractivity contribution in [2.45, 2.75) is 81.7 Å². The highest BCUT2D eigenvalue weighted by Crippen LogP contribution is 2.43. The van der Waals surface area contributed by atoms with E-state index in [0.29, 0.717) is 26.1 Å². The molecule has 3 aliphatic rings. The summed E-state index contributed by atoms with van der Waals surface area (Å²) in [6.07, 6.45) is 4.59. The lowest BCUT2D eigenvalue weighted by atomic mass is 9.86. The van der Waals surface area contributed by atoms with Gasteiger partial charge >= 0.3 is 0 Å². The molecule has 0 aromatic heterocycles. The largest absolute Gasteiger partial charge is 0.344 e. The molecule has 2 fully saturated rings. The van der Waals surface area contributed by atoms with Crippen molar-refractivity contribution < 1.29 is 27.4 Å². The van der Waals surface area contributed by atoms with Crippen molar-refractivity contribution in [1.29, 1.82) is 0 Å². The van der Waals surface area contributed by atoms with Gasteiger partial charge < -0.3 is 20.4 Å². The van der Waals surface area contributed by atoms with Gasteiger partial charge in [0.05, 0.1) is 16.2 Å². The molecule has 10 nitrogen and oxygen atoms in total. The predicted molar refractivity (Wildman–Crippen MR) is 190 cm³/mol. The van der Waals surface area contributed by atoms with Crippen molar-refractivity contribution in [2.75, 3.05) is 31.1 Å². The molecule has 0 aliphatic carbocycles. The standard InChI is InChI=1S/C31H40N4O3.C7H8O3S/c1-31(2)25-12-6-7-13-27(25)35(30(31)38)24-16-19-34(20-17-24)29(37)26(15-14-22-9-4-3-5-10-22)33-28(36)23-11-8-18-32-21-23;1-6-2-4-7(5-3-6)11(8,9)10/h3-7,9-10,12-13,23-24,26,32H,8,11,14-21H2,1-2H3,(H,33,36);2-5H,1H3,(H,8,9,10)/t23-,26+;/m1./s1. The molecule has 262 valence electrons. The Morgan fingerprint density at radius 1 is 0.959 bits per heavy atom. The quantitative estimate of drug-likeness (QED) is 0.293. The zero-order valence-electron chi connectivity index (χ0n) is 28.6. The molecule has 11 heteroatoms. The molecule has 2 saturated heterocycles. The molecule has 3 heterocycles. The maximum atomic E-state index is 13.7. The van der Waals surface area contributed by atoms with Crippen molar-refractivity contribution in [2.24, 2.45) is 5.92 Å². The summed E-state index contributed by atoms with van der Waals surface area (Å²) in [5.41, 5.74) is 3.65. The summed E-state index contributed by atoms with van der Waals surface area (Å²) in [6, 6.07) is 23.7. The summed E-state index contributed by atoms with van der Waals surface area (Å²) in [5, 5.41) is 6.42. The Bertz CT molecular complexity index is 1710. The second-order valence-corrected chi connectivity index (χ2v) is 15.2. The van der Waals surface area contributed by atoms with Crippen LogP contribution < -0.4 is 15.5 Å². The van der Waals surface area contributed by atoms with Gasteiger partial charge in [-0.1, -0.05) is 66.2 Å². The Labute approximate surface area is 290 Å². The van der Waals surface area contributed by atoms with Crippen LogP contribution in [0.15, 0.2) is 83.8 Å². The van der Waals surface area contributed by atoms with Crippen LogP contribution in [0.25, 0.3) is 0 Å². The molecule has 3 N–H and O–H groups in total. The lowest BCUT2D eigenvalue weighted by Gasteiger charge is -2.39. The Hall–Kier alpha value is -4.06. The van der Waals surface area contributed by atoms with Crippen LogP contribution in [0.5, 0.6) is 0 Å². The molecule has 0 radical (unpaired) electrons. The van der Waals surface area contributed by atoms with Crippen molar-refractivity contribution in [3.8, 4) is 0 Å². The molecule has 3 aromatic rings. The fourth-order valence-corrected chi connectivity index (χ4v) is 7.43. The Balaban J connectivity index is 0.000000363. The molecule has 49 heavy (non-hydrogen) atoms. The molecule has 0 bridgehead atoms. The summed E-state index contributed by atoms with van der Waals surface area (Å²) in [6.45, 7) is 8.60. The van der Waals surface area contributed by atoms with E-state index < -0.39 is 21.6 Å². The first-order valence-electron chi connectivity index (χ1n) is 17.2. The highest BCUT2D eigenvalue weighted by atomic mass is 32.2. The van der Waals surface area contributed by atoms with Crippen molar-refractivity contribution in [1.82, 2.24) is 15.5 Å².